The Labute approximate surface area is 128 Å². The molecule has 1 amide bonds. The number of amides is 1. The number of epoxide rings is 1. The third-order valence-electron chi connectivity index (χ3n) is 3.35. The van der Waals surface area contributed by atoms with Gasteiger partial charge in [0, 0.05) is 11.8 Å². The first-order valence-electron chi connectivity index (χ1n) is 7.06. The quantitative estimate of drug-likeness (QED) is 0.257. The van der Waals surface area contributed by atoms with Crippen LogP contribution in [0.5, 0.6) is 0 Å². The molecule has 2 heterocycles. The third kappa shape index (κ3) is 3.80. The highest BCUT2D eigenvalue weighted by atomic mass is 16.6. The molecule has 0 aromatic rings. The molecule has 0 aromatic heterocycles. The molecule has 9 nitrogen and oxygen atoms in total. The number of rotatable bonds is 4. The molecule has 4 atom stereocenters. The number of carbonyl (C=O) groups is 2. The highest BCUT2D eigenvalue weighted by Gasteiger charge is 2.60. The lowest BCUT2D eigenvalue weighted by atomic mass is 10.1. The molecule has 122 valence electrons. The number of fused-ring (bicyclic) bond motifs is 1. The summed E-state index contributed by atoms with van der Waals surface area (Å²) < 4.78 is 16.0. The predicted octanol–water partition coefficient (Wildman–Crippen LogP) is 1.62. The van der Waals surface area contributed by atoms with Crippen molar-refractivity contribution < 1.29 is 23.8 Å². The van der Waals surface area contributed by atoms with Gasteiger partial charge >= 0.3 is 12.1 Å². The summed E-state index contributed by atoms with van der Waals surface area (Å²) in [5, 5.41) is 3.46. The first kappa shape index (κ1) is 16.4. The van der Waals surface area contributed by atoms with Crippen LogP contribution in [0.25, 0.3) is 10.4 Å². The van der Waals surface area contributed by atoms with Gasteiger partial charge in [0.2, 0.25) is 0 Å². The lowest BCUT2D eigenvalue weighted by Crippen LogP contribution is -2.51. The predicted molar refractivity (Wildman–Crippen MR) is 75.0 cm³/mol. The number of morpholine rings is 1. The lowest BCUT2D eigenvalue weighted by Gasteiger charge is -2.33. The zero-order chi connectivity index (χ0) is 16.5. The Bertz CT molecular complexity index is 507. The van der Waals surface area contributed by atoms with E-state index in [1.165, 1.54) is 11.8 Å². The summed E-state index contributed by atoms with van der Waals surface area (Å²) in [5.41, 5.74) is 7.85. The highest BCUT2D eigenvalue weighted by Crippen LogP contribution is 2.39. The molecule has 0 aliphatic carbocycles. The zero-order valence-corrected chi connectivity index (χ0v) is 13.1. The fourth-order valence-corrected chi connectivity index (χ4v) is 2.57. The molecule has 2 fully saturated rings. The van der Waals surface area contributed by atoms with E-state index in [2.05, 4.69) is 10.0 Å². The summed E-state index contributed by atoms with van der Waals surface area (Å²) >= 11 is 0. The van der Waals surface area contributed by atoms with Gasteiger partial charge in [-0.25, -0.2) is 4.79 Å². The van der Waals surface area contributed by atoms with Gasteiger partial charge in [-0.1, -0.05) is 5.11 Å². The molecule has 0 spiro atoms. The molecule has 0 N–H and O–H groups in total. The smallest absolute Gasteiger partial charge is 0.410 e. The van der Waals surface area contributed by atoms with Crippen LogP contribution in [0, 0.1) is 0 Å². The van der Waals surface area contributed by atoms with E-state index in [1.54, 1.807) is 20.8 Å². The molecule has 2 rings (SSSR count). The maximum Gasteiger partial charge on any atom is 0.410 e. The third-order valence-corrected chi connectivity index (χ3v) is 3.35. The Morgan fingerprint density at radius 2 is 2.18 bits per heavy atom. The molecular weight excluding hydrogens is 292 g/mol. The fraction of sp³-hybridized carbons (Fsp3) is 0.846. The number of hydrogen-bond donors (Lipinski definition) is 0. The summed E-state index contributed by atoms with van der Waals surface area (Å²) in [4.78, 5) is 27.7. The monoisotopic (exact) mass is 312 g/mol. The van der Waals surface area contributed by atoms with Gasteiger partial charge in [0.05, 0.1) is 13.1 Å². The molecule has 22 heavy (non-hydrogen) atoms. The van der Waals surface area contributed by atoms with Crippen LogP contribution < -0.4 is 0 Å². The minimum Gasteiger partial charge on any atom is -0.460 e. The molecule has 2 aliphatic heterocycles. The number of likely N-dealkylation sites (tertiary alicyclic amines) is 1. The van der Waals surface area contributed by atoms with E-state index >= 15 is 0 Å². The zero-order valence-electron chi connectivity index (χ0n) is 13.1. The molecule has 0 radical (unpaired) electrons. The van der Waals surface area contributed by atoms with Gasteiger partial charge in [0.25, 0.3) is 0 Å². The van der Waals surface area contributed by atoms with Crippen molar-refractivity contribution in [3.8, 4) is 0 Å². The average Bonchev–Trinajstić information content (AvgIpc) is 3.03. The summed E-state index contributed by atoms with van der Waals surface area (Å²) in [5.74, 6) is -0.508. The Morgan fingerprint density at radius 3 is 2.73 bits per heavy atom. The Hall–Kier alpha value is -1.99. The molecule has 1 unspecified atom stereocenters. The van der Waals surface area contributed by atoms with E-state index in [0.29, 0.717) is 6.54 Å². The molecule has 2 saturated heterocycles. The first-order chi connectivity index (χ1) is 10.2. The van der Waals surface area contributed by atoms with E-state index in [4.69, 9.17) is 19.7 Å². The van der Waals surface area contributed by atoms with Crippen LogP contribution in [0.2, 0.25) is 0 Å². The summed E-state index contributed by atoms with van der Waals surface area (Å²) in [6, 6.07) is -0.505. The molecule has 0 aromatic carbocycles. The van der Waals surface area contributed by atoms with Gasteiger partial charge in [-0.15, -0.1) is 0 Å². The van der Waals surface area contributed by atoms with E-state index in [9.17, 15) is 9.59 Å². The minimum atomic E-state index is -0.751. The maximum atomic E-state index is 12.3. The molecule has 2 aliphatic rings. The van der Waals surface area contributed by atoms with Crippen LogP contribution in [0.1, 0.15) is 27.7 Å². The van der Waals surface area contributed by atoms with Crippen molar-refractivity contribution in [3.05, 3.63) is 10.4 Å². The standard InChI is InChI=1S/C13H20N4O5/c1-7(18)20-8(5-15-16-14)10-11-9(21-11)6-17(10)12(19)22-13(2,3)4/h8-11H,5-6H2,1-4H3/t8-,9-,10?,11-/m1/s1. The van der Waals surface area contributed by atoms with Gasteiger partial charge in [-0.05, 0) is 26.3 Å². The van der Waals surface area contributed by atoms with Crippen LogP contribution >= 0.6 is 0 Å². The Balaban J connectivity index is 2.14. The van der Waals surface area contributed by atoms with Crippen LogP contribution in [0.15, 0.2) is 5.11 Å². The highest BCUT2D eigenvalue weighted by molar-refractivity contribution is 5.70. The Morgan fingerprint density at radius 1 is 1.50 bits per heavy atom. The molecule has 9 heteroatoms. The number of azide groups is 1. The van der Waals surface area contributed by atoms with Crippen LogP contribution in [0.3, 0.4) is 0 Å². The fourth-order valence-electron chi connectivity index (χ4n) is 2.57. The van der Waals surface area contributed by atoms with Crippen molar-refractivity contribution in [2.24, 2.45) is 5.11 Å². The van der Waals surface area contributed by atoms with E-state index < -0.39 is 29.8 Å². The van der Waals surface area contributed by atoms with Gasteiger partial charge < -0.3 is 14.2 Å². The normalized spacial score (nSPS) is 27.5. The largest absolute Gasteiger partial charge is 0.460 e. The SMILES string of the molecule is CC(=O)O[C@H](CN=[N+]=[N-])C1[C@@H]2O[C@@H]2CN1C(=O)OC(C)(C)C. The van der Waals surface area contributed by atoms with Gasteiger partial charge in [0.1, 0.15) is 30.0 Å². The van der Waals surface area contributed by atoms with Crippen molar-refractivity contribution in [1.82, 2.24) is 4.90 Å². The average molecular weight is 312 g/mol. The number of esters is 1. The second kappa shape index (κ2) is 6.02. The van der Waals surface area contributed by atoms with Crippen molar-refractivity contribution in [3.63, 3.8) is 0 Å². The maximum absolute atomic E-state index is 12.3. The second-order valence-electron chi connectivity index (χ2n) is 6.32. The Kier molecular flexibility index (Phi) is 4.48. The van der Waals surface area contributed by atoms with Crippen molar-refractivity contribution in [2.75, 3.05) is 13.1 Å². The van der Waals surface area contributed by atoms with E-state index in [1.807, 2.05) is 0 Å². The van der Waals surface area contributed by atoms with Crippen molar-refractivity contribution >= 4 is 12.1 Å². The number of hydrogen-bond acceptors (Lipinski definition) is 6. The van der Waals surface area contributed by atoms with Gasteiger partial charge in [-0.2, -0.15) is 0 Å². The van der Waals surface area contributed by atoms with Crippen LogP contribution in [0.4, 0.5) is 4.79 Å². The minimum absolute atomic E-state index is 0.0629. The number of carbonyl (C=O) groups excluding carboxylic acids is 2. The molecule has 0 saturated carbocycles. The van der Waals surface area contributed by atoms with Crippen LogP contribution in [-0.2, 0) is 19.0 Å². The number of nitrogens with zero attached hydrogens (tertiary/aromatic N) is 4. The van der Waals surface area contributed by atoms with Gasteiger partial charge in [0.15, 0.2) is 0 Å². The van der Waals surface area contributed by atoms with E-state index in [0.717, 1.165) is 0 Å². The van der Waals surface area contributed by atoms with Crippen molar-refractivity contribution in [2.45, 2.75) is 57.6 Å². The van der Waals surface area contributed by atoms with Crippen LogP contribution in [-0.4, -0.2) is 60.0 Å². The summed E-state index contributed by atoms with van der Waals surface area (Å²) in [6.07, 6.45) is -1.54. The number of ether oxygens (including phenoxy) is 3. The summed E-state index contributed by atoms with van der Waals surface area (Å²) in [7, 11) is 0. The first-order valence-corrected chi connectivity index (χ1v) is 7.06. The van der Waals surface area contributed by atoms with E-state index in [-0.39, 0.29) is 18.8 Å². The summed E-state index contributed by atoms with van der Waals surface area (Å²) in [6.45, 7) is 6.90. The second-order valence-corrected chi connectivity index (χ2v) is 6.32. The molecule has 0 bridgehead atoms. The molecular formula is C13H20N4O5. The topological polar surface area (TPSA) is 117 Å². The van der Waals surface area contributed by atoms with Crippen molar-refractivity contribution in [1.29, 1.82) is 0 Å². The lowest BCUT2D eigenvalue weighted by molar-refractivity contribution is -0.149. The van der Waals surface area contributed by atoms with Gasteiger partial charge in [-0.3, -0.25) is 9.69 Å².